The average molecular weight is 267 g/mol. The topological polar surface area (TPSA) is 44.4 Å². The molecule has 1 amide bonds. The number of carbonyl (C=O) groups excluding carboxylic acids is 1. The van der Waals surface area contributed by atoms with E-state index >= 15 is 0 Å². The highest BCUT2D eigenvalue weighted by molar-refractivity contribution is 5.76. The van der Waals surface area contributed by atoms with E-state index in [0.717, 1.165) is 32.4 Å². The lowest BCUT2D eigenvalue weighted by molar-refractivity contribution is -0.123. The van der Waals surface area contributed by atoms with Crippen LogP contribution < -0.4 is 10.6 Å². The molecule has 1 saturated heterocycles. The molecule has 2 rings (SSSR count). The molecule has 0 radical (unpaired) electrons. The fourth-order valence-electron chi connectivity index (χ4n) is 3.34. The molecule has 0 atom stereocenters. The number of amides is 1. The molecule has 0 aromatic carbocycles. The van der Waals surface area contributed by atoms with E-state index in [2.05, 4.69) is 22.6 Å². The summed E-state index contributed by atoms with van der Waals surface area (Å²) in [6.07, 6.45) is 7.73. The summed E-state index contributed by atoms with van der Waals surface area (Å²) < 4.78 is 0. The SMILES string of the molecule is CNC1CCC(NC(=O)CC2CCN(C)CC2)CC1. The number of likely N-dealkylation sites (tertiary alicyclic amines) is 1. The van der Waals surface area contributed by atoms with Crippen LogP contribution in [0.15, 0.2) is 0 Å². The van der Waals surface area contributed by atoms with Crippen molar-refractivity contribution in [3.05, 3.63) is 0 Å². The molecule has 2 aliphatic rings. The van der Waals surface area contributed by atoms with Gasteiger partial charge in [-0.15, -0.1) is 0 Å². The fourth-order valence-corrected chi connectivity index (χ4v) is 3.34. The number of hydrogen-bond donors (Lipinski definition) is 2. The maximum atomic E-state index is 12.1. The van der Waals surface area contributed by atoms with Crippen molar-refractivity contribution in [3.8, 4) is 0 Å². The molecule has 2 fully saturated rings. The van der Waals surface area contributed by atoms with Gasteiger partial charge in [-0.3, -0.25) is 4.79 Å². The Morgan fingerprint density at radius 1 is 1.05 bits per heavy atom. The van der Waals surface area contributed by atoms with E-state index in [1.54, 1.807) is 0 Å². The molecule has 2 N–H and O–H groups in total. The Labute approximate surface area is 117 Å². The molecule has 0 aromatic heterocycles. The third-order valence-electron chi connectivity index (χ3n) is 4.81. The highest BCUT2D eigenvalue weighted by atomic mass is 16.1. The first-order chi connectivity index (χ1) is 9.17. The van der Waals surface area contributed by atoms with Gasteiger partial charge in [-0.05, 0) is 71.6 Å². The van der Waals surface area contributed by atoms with Gasteiger partial charge in [0, 0.05) is 18.5 Å². The second kappa shape index (κ2) is 7.25. The summed E-state index contributed by atoms with van der Waals surface area (Å²) in [5, 5.41) is 6.57. The standard InChI is InChI=1S/C15H29N3O/c1-16-13-3-5-14(6-4-13)17-15(19)11-12-7-9-18(2)10-8-12/h12-14,16H,3-11H2,1-2H3,(H,17,19). The molecular formula is C15H29N3O. The summed E-state index contributed by atoms with van der Waals surface area (Å²) in [6, 6.07) is 1.07. The third-order valence-corrected chi connectivity index (χ3v) is 4.81. The molecule has 4 heteroatoms. The maximum absolute atomic E-state index is 12.1. The molecule has 0 unspecified atom stereocenters. The molecule has 110 valence electrons. The predicted molar refractivity (Wildman–Crippen MR) is 78.1 cm³/mol. The quantitative estimate of drug-likeness (QED) is 0.808. The van der Waals surface area contributed by atoms with E-state index in [-0.39, 0.29) is 5.91 Å². The Morgan fingerprint density at radius 2 is 1.63 bits per heavy atom. The van der Waals surface area contributed by atoms with E-state index in [4.69, 9.17) is 0 Å². The Hall–Kier alpha value is -0.610. The summed E-state index contributed by atoms with van der Waals surface area (Å²) >= 11 is 0. The van der Waals surface area contributed by atoms with Gasteiger partial charge >= 0.3 is 0 Å². The Balaban J connectivity index is 1.64. The fraction of sp³-hybridized carbons (Fsp3) is 0.933. The van der Waals surface area contributed by atoms with Crippen LogP contribution in [0.4, 0.5) is 0 Å². The van der Waals surface area contributed by atoms with Crippen LogP contribution in [0.2, 0.25) is 0 Å². The summed E-state index contributed by atoms with van der Waals surface area (Å²) in [4.78, 5) is 14.4. The lowest BCUT2D eigenvalue weighted by atomic mass is 9.90. The van der Waals surface area contributed by atoms with E-state index in [9.17, 15) is 4.79 Å². The van der Waals surface area contributed by atoms with Gasteiger partial charge < -0.3 is 15.5 Å². The van der Waals surface area contributed by atoms with Crippen LogP contribution in [0.5, 0.6) is 0 Å². The van der Waals surface area contributed by atoms with Crippen LogP contribution >= 0.6 is 0 Å². The van der Waals surface area contributed by atoms with E-state index in [1.807, 2.05) is 7.05 Å². The van der Waals surface area contributed by atoms with Crippen LogP contribution in [0.3, 0.4) is 0 Å². The number of piperidine rings is 1. The van der Waals surface area contributed by atoms with Crippen molar-refractivity contribution in [3.63, 3.8) is 0 Å². The van der Waals surface area contributed by atoms with E-state index in [1.165, 1.54) is 25.7 Å². The highest BCUT2D eigenvalue weighted by Crippen LogP contribution is 2.21. The predicted octanol–water partition coefficient (Wildman–Crippen LogP) is 1.37. The zero-order valence-electron chi connectivity index (χ0n) is 12.5. The smallest absolute Gasteiger partial charge is 0.220 e. The van der Waals surface area contributed by atoms with Crippen molar-refractivity contribution in [2.24, 2.45) is 5.92 Å². The minimum Gasteiger partial charge on any atom is -0.353 e. The van der Waals surface area contributed by atoms with Gasteiger partial charge in [0.25, 0.3) is 0 Å². The Morgan fingerprint density at radius 3 is 2.21 bits per heavy atom. The van der Waals surface area contributed by atoms with Crippen LogP contribution in [0, 0.1) is 5.92 Å². The second-order valence-electron chi connectivity index (χ2n) is 6.36. The maximum Gasteiger partial charge on any atom is 0.220 e. The van der Waals surface area contributed by atoms with Crippen molar-refractivity contribution in [1.82, 2.24) is 15.5 Å². The Bertz CT molecular complexity index is 279. The van der Waals surface area contributed by atoms with Gasteiger partial charge in [0.2, 0.25) is 5.91 Å². The minimum absolute atomic E-state index is 0.280. The monoisotopic (exact) mass is 267 g/mol. The first-order valence-electron chi connectivity index (χ1n) is 7.82. The number of rotatable bonds is 4. The number of hydrogen-bond acceptors (Lipinski definition) is 3. The Kier molecular flexibility index (Phi) is 5.64. The van der Waals surface area contributed by atoms with Crippen molar-refractivity contribution in [1.29, 1.82) is 0 Å². The summed E-state index contributed by atoms with van der Waals surface area (Å²) in [5.41, 5.74) is 0. The van der Waals surface area contributed by atoms with E-state index in [0.29, 0.717) is 18.0 Å². The molecule has 1 aliphatic carbocycles. The van der Waals surface area contributed by atoms with Crippen LogP contribution in [0.1, 0.15) is 44.9 Å². The second-order valence-corrected chi connectivity index (χ2v) is 6.36. The normalized spacial score (nSPS) is 30.2. The zero-order valence-corrected chi connectivity index (χ0v) is 12.5. The average Bonchev–Trinajstić information content (AvgIpc) is 2.42. The van der Waals surface area contributed by atoms with Crippen molar-refractivity contribution in [2.45, 2.75) is 57.0 Å². The molecular weight excluding hydrogens is 238 g/mol. The lowest BCUT2D eigenvalue weighted by Crippen LogP contribution is -2.42. The first kappa shape index (κ1) is 14.8. The highest BCUT2D eigenvalue weighted by Gasteiger charge is 2.23. The molecule has 0 aromatic rings. The van der Waals surface area contributed by atoms with Crippen molar-refractivity contribution in [2.75, 3.05) is 27.2 Å². The summed E-state index contributed by atoms with van der Waals surface area (Å²) in [5.74, 6) is 0.882. The summed E-state index contributed by atoms with van der Waals surface area (Å²) in [6.45, 7) is 2.29. The lowest BCUT2D eigenvalue weighted by Gasteiger charge is -2.31. The van der Waals surface area contributed by atoms with E-state index < -0.39 is 0 Å². The van der Waals surface area contributed by atoms with Gasteiger partial charge in [-0.1, -0.05) is 0 Å². The van der Waals surface area contributed by atoms with Crippen molar-refractivity contribution < 1.29 is 4.79 Å². The van der Waals surface area contributed by atoms with Gasteiger partial charge in [-0.25, -0.2) is 0 Å². The van der Waals surface area contributed by atoms with Crippen LogP contribution in [-0.2, 0) is 4.79 Å². The third kappa shape index (κ3) is 4.77. The van der Waals surface area contributed by atoms with Crippen LogP contribution in [0.25, 0.3) is 0 Å². The molecule has 1 heterocycles. The largest absolute Gasteiger partial charge is 0.353 e. The van der Waals surface area contributed by atoms with Gasteiger partial charge in [0.05, 0.1) is 0 Å². The number of carbonyl (C=O) groups is 1. The minimum atomic E-state index is 0.280. The molecule has 1 aliphatic heterocycles. The molecule has 1 saturated carbocycles. The molecule has 4 nitrogen and oxygen atoms in total. The summed E-state index contributed by atoms with van der Waals surface area (Å²) in [7, 11) is 4.19. The van der Waals surface area contributed by atoms with Crippen LogP contribution in [-0.4, -0.2) is 50.1 Å². The van der Waals surface area contributed by atoms with Gasteiger partial charge in [-0.2, -0.15) is 0 Å². The molecule has 0 bridgehead atoms. The number of nitrogens with zero attached hydrogens (tertiary/aromatic N) is 1. The van der Waals surface area contributed by atoms with Gasteiger partial charge in [0.1, 0.15) is 0 Å². The molecule has 19 heavy (non-hydrogen) atoms. The zero-order chi connectivity index (χ0) is 13.7. The first-order valence-corrected chi connectivity index (χ1v) is 7.82. The number of nitrogens with one attached hydrogen (secondary N) is 2. The van der Waals surface area contributed by atoms with Gasteiger partial charge in [0.15, 0.2) is 0 Å². The van der Waals surface area contributed by atoms with Crippen molar-refractivity contribution >= 4 is 5.91 Å². The molecule has 0 spiro atoms.